The van der Waals surface area contributed by atoms with Crippen LogP contribution in [-0.2, 0) is 19.1 Å². The molecule has 0 unspecified atom stereocenters. The molecule has 0 saturated carbocycles. The summed E-state index contributed by atoms with van der Waals surface area (Å²) in [7, 11) is 4.11. The summed E-state index contributed by atoms with van der Waals surface area (Å²) in [6, 6.07) is 3.64. The van der Waals surface area contributed by atoms with Crippen molar-refractivity contribution < 1.29 is 38.4 Å². The van der Waals surface area contributed by atoms with Crippen molar-refractivity contribution in [2.24, 2.45) is 23.7 Å². The molecule has 6 atom stereocenters. The highest BCUT2D eigenvalue weighted by Gasteiger charge is 2.43. The summed E-state index contributed by atoms with van der Waals surface area (Å²) >= 11 is 0. The quantitative estimate of drug-likeness (QED) is 0.105. The van der Waals surface area contributed by atoms with E-state index in [1.165, 1.54) is 33.1 Å². The molecule has 3 aliphatic rings. The number of hydrogen-bond donors (Lipinski definition) is 3. The normalized spacial score (nSPS) is 27.3. The largest absolute Gasteiger partial charge is 0.507 e. The summed E-state index contributed by atoms with van der Waals surface area (Å²) < 4.78 is 24.8. The van der Waals surface area contributed by atoms with E-state index in [1.54, 1.807) is 25.1 Å². The number of hydrogen-bond acceptors (Lipinski definition) is 13. The van der Waals surface area contributed by atoms with Crippen molar-refractivity contribution in [2.75, 3.05) is 37.4 Å². The average molecular weight is 865 g/mol. The molecule has 3 aromatic carbocycles. The molecule has 336 valence electrons. The molecule has 1 aromatic heterocycles. The summed E-state index contributed by atoms with van der Waals surface area (Å²) in [6.07, 6.45) is 12.2. The Labute approximate surface area is 366 Å². The SMILES string of the molecule is CC(=O)O[C@@H]1[C@H](C)C/C=C/O[C@@]2(C)Oc3c(C)c(O)c4c(=O)c(c5oc6cc(N7CCC(N(C)C)CC7)cc(=O)c6nc5c4c3=C2O)NC(=O)/C(C)=C\C=C\[C@H](C)C[C@@H](C)C[C@H]1C. The van der Waals surface area contributed by atoms with Crippen LogP contribution in [0.5, 0.6) is 11.5 Å². The minimum atomic E-state index is -1.83. The van der Waals surface area contributed by atoms with Crippen LogP contribution in [0.2, 0.25) is 0 Å². The zero-order chi connectivity index (χ0) is 45.7. The number of aliphatic hydroxyl groups is 1. The molecule has 3 N–H and O–H groups in total. The first-order valence-corrected chi connectivity index (χ1v) is 21.9. The number of anilines is 2. The number of piperidine rings is 1. The van der Waals surface area contributed by atoms with Crippen LogP contribution in [0.25, 0.3) is 38.7 Å². The third-order valence-electron chi connectivity index (χ3n) is 13.0. The second kappa shape index (κ2) is 17.7. The van der Waals surface area contributed by atoms with E-state index in [9.17, 15) is 29.4 Å². The van der Waals surface area contributed by atoms with Crippen LogP contribution in [-0.4, -0.2) is 77.1 Å². The Morgan fingerprint density at radius 2 is 1.71 bits per heavy atom. The number of phenolic OH excluding ortho intramolecular Hbond substituents is 1. The van der Waals surface area contributed by atoms with Crippen LogP contribution in [0.3, 0.4) is 0 Å². The van der Waals surface area contributed by atoms with E-state index < -0.39 is 34.1 Å². The Bertz CT molecular complexity index is 2750. The molecule has 4 aromatic rings. The van der Waals surface area contributed by atoms with Gasteiger partial charge in [0.1, 0.15) is 28.8 Å². The Morgan fingerprint density at radius 1 is 1.00 bits per heavy atom. The summed E-state index contributed by atoms with van der Waals surface area (Å²) in [4.78, 5) is 64.1. The van der Waals surface area contributed by atoms with Gasteiger partial charge < -0.3 is 44.0 Å². The van der Waals surface area contributed by atoms with Gasteiger partial charge in [-0.3, -0.25) is 19.2 Å². The topological polar surface area (TPSA) is 181 Å². The second-order valence-electron chi connectivity index (χ2n) is 18.4. The number of benzene rings is 3. The van der Waals surface area contributed by atoms with Gasteiger partial charge in [0.15, 0.2) is 22.4 Å². The van der Waals surface area contributed by atoms with E-state index in [0.29, 0.717) is 31.2 Å². The molecule has 63 heavy (non-hydrogen) atoms. The van der Waals surface area contributed by atoms with Gasteiger partial charge in [-0.1, -0.05) is 45.9 Å². The lowest BCUT2D eigenvalue weighted by atomic mass is 9.82. The Kier molecular flexibility index (Phi) is 12.7. The molecule has 0 spiro atoms. The van der Waals surface area contributed by atoms with E-state index in [2.05, 4.69) is 50.0 Å². The number of amides is 1. The molecule has 14 nitrogen and oxygen atoms in total. The number of aliphatic hydroxyl groups excluding tert-OH is 1. The molecule has 1 fully saturated rings. The number of phenols is 1. The standard InChI is InChI=1S/C49H60N4O10/c1-25-13-11-14-28(4)48(59)51-41-43(57)37-36(40-46(41)62-35-24-33(23-34(55)39(35)50-40)53-18-16-32(17-19-53)52(9)10)38-45(30(6)42(37)56)63-49(8,47(38)58)60-20-12-15-27(3)44(61-31(7)54)29(5)22-26(2)21-25/h11-14,20,23-27,29,32,44,56,58H,15-19,21-22H2,1-10H3,(H,51,59)/b13-11+,20-12+,28-14-/t25-,26+,27+,29+,44+,49-/m0/s1. The van der Waals surface area contributed by atoms with Crippen molar-refractivity contribution in [1.82, 2.24) is 9.88 Å². The van der Waals surface area contributed by atoms with Gasteiger partial charge in [0.25, 0.3) is 5.91 Å². The first-order chi connectivity index (χ1) is 29.8. The van der Waals surface area contributed by atoms with E-state index in [1.807, 2.05) is 19.1 Å². The Morgan fingerprint density at radius 3 is 2.40 bits per heavy atom. The summed E-state index contributed by atoms with van der Waals surface area (Å²) in [5.74, 6) is -3.25. The molecule has 14 heteroatoms. The number of rotatable bonds is 3. The monoisotopic (exact) mass is 864 g/mol. The predicted octanol–water partition coefficient (Wildman–Crippen LogP) is 7.52. The van der Waals surface area contributed by atoms with Crippen LogP contribution in [0.15, 0.2) is 62.3 Å². The molecule has 0 radical (unpaired) electrons. The zero-order valence-electron chi connectivity index (χ0n) is 38.0. The number of nitrogens with one attached hydrogen (secondary N) is 1. The van der Waals surface area contributed by atoms with Crippen molar-refractivity contribution in [2.45, 2.75) is 105 Å². The van der Waals surface area contributed by atoms with Gasteiger partial charge >= 0.3 is 11.8 Å². The lowest BCUT2D eigenvalue weighted by Crippen LogP contribution is -2.42. The lowest BCUT2D eigenvalue weighted by molar-refractivity contribution is -0.152. The highest BCUT2D eigenvalue weighted by atomic mass is 16.7. The van der Waals surface area contributed by atoms with Gasteiger partial charge in [-0.05, 0) is 89.8 Å². The molecule has 3 aliphatic heterocycles. The van der Waals surface area contributed by atoms with Crippen LogP contribution in [0.4, 0.5) is 11.4 Å². The number of carbonyl (C=O) groups is 2. The fourth-order valence-corrected chi connectivity index (χ4v) is 9.60. The lowest BCUT2D eigenvalue weighted by Gasteiger charge is -2.36. The maximum atomic E-state index is 14.8. The van der Waals surface area contributed by atoms with Crippen molar-refractivity contribution in [3.8, 4) is 11.5 Å². The van der Waals surface area contributed by atoms with Gasteiger partial charge in [-0.2, -0.15) is 0 Å². The fourth-order valence-electron chi connectivity index (χ4n) is 9.60. The van der Waals surface area contributed by atoms with E-state index in [0.717, 1.165) is 25.7 Å². The molecular formula is C49H60N4O10. The fraction of sp³-hybridized carbons (Fsp3) is 0.490. The first kappa shape index (κ1) is 45.1. The smallest absolute Gasteiger partial charge is 0.307 e. The van der Waals surface area contributed by atoms with Crippen molar-refractivity contribution in [1.29, 1.82) is 0 Å². The van der Waals surface area contributed by atoms with E-state index in [4.69, 9.17) is 23.6 Å². The van der Waals surface area contributed by atoms with Gasteiger partial charge in [0.05, 0.1) is 16.9 Å². The molecule has 1 amide bonds. The number of nitrogens with zero attached hydrogens (tertiary/aromatic N) is 3. The zero-order valence-corrected chi connectivity index (χ0v) is 38.0. The Balaban J connectivity index is 1.44. The first-order valence-electron chi connectivity index (χ1n) is 21.9. The van der Waals surface area contributed by atoms with Gasteiger partial charge in [0.2, 0.25) is 10.9 Å². The molecule has 7 rings (SSSR count). The maximum Gasteiger partial charge on any atom is 0.307 e. The van der Waals surface area contributed by atoms with E-state index >= 15 is 0 Å². The highest BCUT2D eigenvalue weighted by Crippen LogP contribution is 2.42. The van der Waals surface area contributed by atoms with E-state index in [-0.39, 0.29) is 96.5 Å². The number of aromatic nitrogens is 1. The number of fused-ring (bicyclic) bond motifs is 2. The third kappa shape index (κ3) is 8.74. The van der Waals surface area contributed by atoms with Crippen molar-refractivity contribution in [3.05, 3.63) is 79.5 Å². The average Bonchev–Trinajstić information content (AvgIpc) is 3.49. The minimum absolute atomic E-state index is 0.0158. The van der Waals surface area contributed by atoms with Crippen LogP contribution in [0, 0.1) is 30.6 Å². The van der Waals surface area contributed by atoms with Crippen LogP contribution in [0.1, 0.15) is 86.1 Å². The number of carbonyl (C=O) groups excluding carboxylic acids is 2. The molecular weight excluding hydrogens is 805 g/mol. The van der Waals surface area contributed by atoms with Gasteiger partial charge in [-0.15, -0.1) is 0 Å². The predicted molar refractivity (Wildman–Crippen MR) is 245 cm³/mol. The van der Waals surface area contributed by atoms with Gasteiger partial charge in [0, 0.05) is 67.3 Å². The van der Waals surface area contributed by atoms with Crippen LogP contribution >= 0.6 is 0 Å². The maximum absolute atomic E-state index is 14.8. The molecule has 4 heterocycles. The Hall–Kier alpha value is -5.89. The second-order valence-corrected chi connectivity index (χ2v) is 18.4. The molecule has 0 aliphatic carbocycles. The van der Waals surface area contributed by atoms with Crippen LogP contribution < -0.4 is 31.0 Å². The third-order valence-corrected chi connectivity index (χ3v) is 13.0. The summed E-state index contributed by atoms with van der Waals surface area (Å²) in [6.45, 7) is 15.9. The number of ether oxygens (including phenoxy) is 3. The minimum Gasteiger partial charge on any atom is -0.507 e. The number of aromatic hydroxyl groups is 1. The number of allylic oxidation sites excluding steroid dienone is 4. The van der Waals surface area contributed by atoms with Crippen molar-refractivity contribution >= 4 is 62.0 Å². The summed E-state index contributed by atoms with van der Waals surface area (Å²) in [5.41, 5.74) is -0.642. The molecule has 4 bridgehead atoms. The van der Waals surface area contributed by atoms with Gasteiger partial charge in [-0.25, -0.2) is 4.98 Å². The summed E-state index contributed by atoms with van der Waals surface area (Å²) in [5, 5.41) is 26.4. The number of esters is 1. The molecule has 1 saturated heterocycles. The van der Waals surface area contributed by atoms with Crippen molar-refractivity contribution in [3.63, 3.8) is 0 Å². The highest BCUT2D eigenvalue weighted by molar-refractivity contribution is 6.16.